The fourth-order valence-electron chi connectivity index (χ4n) is 2.69. The van der Waals surface area contributed by atoms with Gasteiger partial charge in [0.05, 0.1) is 5.54 Å². The normalized spacial score (nSPS) is 11.1. The van der Waals surface area contributed by atoms with Gasteiger partial charge < -0.3 is 0 Å². The third kappa shape index (κ3) is 4.20. The van der Waals surface area contributed by atoms with E-state index >= 15 is 0 Å². The second-order valence-corrected chi connectivity index (χ2v) is 7.37. The molecule has 2 aromatic rings. The lowest BCUT2D eigenvalue weighted by atomic mass is 10.0. The van der Waals surface area contributed by atoms with E-state index < -0.39 is 5.54 Å². The molecule has 0 aliphatic carbocycles. The zero-order valence-electron chi connectivity index (χ0n) is 15.2. The topological polar surface area (TPSA) is 40.6 Å². The Labute approximate surface area is 154 Å². The molecule has 0 saturated heterocycles. The first kappa shape index (κ1) is 19.0. The van der Waals surface area contributed by atoms with Gasteiger partial charge in [0.1, 0.15) is 0 Å². The highest BCUT2D eigenvalue weighted by Crippen LogP contribution is 2.23. The Hall–Kier alpha value is -2.33. The highest BCUT2D eigenvalue weighted by Gasteiger charge is 2.34. The molecule has 0 aromatic heterocycles. The van der Waals surface area contributed by atoms with Crippen molar-refractivity contribution >= 4 is 23.4 Å². The first-order valence-corrected chi connectivity index (χ1v) is 8.44. The quantitative estimate of drug-likeness (QED) is 0.737. The summed E-state index contributed by atoms with van der Waals surface area (Å²) in [5.74, 6) is -0.482. The molecule has 0 heterocycles. The van der Waals surface area contributed by atoms with Gasteiger partial charge in [-0.2, -0.15) is 0 Å². The van der Waals surface area contributed by atoms with E-state index in [2.05, 4.69) is 0 Å². The number of amides is 2. The van der Waals surface area contributed by atoms with Crippen molar-refractivity contribution in [2.24, 2.45) is 0 Å². The average molecular weight is 359 g/mol. The van der Waals surface area contributed by atoms with Crippen molar-refractivity contribution in [3.05, 3.63) is 70.2 Å². The lowest BCUT2D eigenvalue weighted by Gasteiger charge is -2.41. The predicted octanol–water partition coefficient (Wildman–Crippen LogP) is 4.58. The number of carbonyl (C=O) groups is 2. The van der Waals surface area contributed by atoms with Gasteiger partial charge in [0, 0.05) is 23.2 Å². The molecule has 2 rings (SSSR count). The first-order valence-electron chi connectivity index (χ1n) is 8.06. The standard InChI is InChI=1S/C20H23ClN2O2/c1-14-8-6-7-9-17(14)19(25)23(20(2,3)4)22(5)18(24)15-10-12-16(21)13-11-15/h6-13H,1-5H3. The van der Waals surface area contributed by atoms with Gasteiger partial charge in [-0.15, -0.1) is 0 Å². The summed E-state index contributed by atoms with van der Waals surface area (Å²) in [5, 5.41) is 3.42. The second kappa shape index (κ2) is 7.28. The van der Waals surface area contributed by atoms with Crippen molar-refractivity contribution in [1.82, 2.24) is 10.0 Å². The third-order valence-electron chi connectivity index (χ3n) is 3.89. The van der Waals surface area contributed by atoms with Gasteiger partial charge in [0.25, 0.3) is 11.8 Å². The van der Waals surface area contributed by atoms with E-state index in [-0.39, 0.29) is 11.8 Å². The van der Waals surface area contributed by atoms with Crippen LogP contribution in [-0.4, -0.2) is 34.4 Å². The number of rotatable bonds is 2. The molecule has 0 saturated carbocycles. The molecule has 4 nitrogen and oxygen atoms in total. The van der Waals surface area contributed by atoms with Crippen LogP contribution in [0.15, 0.2) is 48.5 Å². The molecule has 5 heteroatoms. The molecule has 0 N–H and O–H groups in total. The summed E-state index contributed by atoms with van der Waals surface area (Å²) in [7, 11) is 1.61. The summed E-state index contributed by atoms with van der Waals surface area (Å²) in [4.78, 5) is 26.0. The van der Waals surface area contributed by atoms with Crippen molar-refractivity contribution in [3.63, 3.8) is 0 Å². The number of aryl methyl sites for hydroxylation is 1. The molecule has 0 bridgehead atoms. The number of halogens is 1. The van der Waals surface area contributed by atoms with E-state index in [1.54, 1.807) is 37.4 Å². The van der Waals surface area contributed by atoms with Crippen LogP contribution in [0.25, 0.3) is 0 Å². The summed E-state index contributed by atoms with van der Waals surface area (Å²) in [5.41, 5.74) is 1.34. The maximum atomic E-state index is 13.2. The minimum absolute atomic E-state index is 0.213. The molecule has 2 aromatic carbocycles. The van der Waals surface area contributed by atoms with Gasteiger partial charge in [-0.25, -0.2) is 10.0 Å². The molecule has 0 spiro atoms. The van der Waals surface area contributed by atoms with Crippen molar-refractivity contribution in [2.45, 2.75) is 33.2 Å². The highest BCUT2D eigenvalue weighted by molar-refractivity contribution is 6.30. The zero-order chi connectivity index (χ0) is 18.8. The summed E-state index contributed by atoms with van der Waals surface area (Å²) in [6, 6.07) is 14.0. The fraction of sp³-hybridized carbons (Fsp3) is 0.300. The van der Waals surface area contributed by atoms with Gasteiger partial charge >= 0.3 is 0 Å². The Bertz CT molecular complexity index is 779. The number of hydrogen-bond donors (Lipinski definition) is 0. The van der Waals surface area contributed by atoms with Crippen LogP contribution in [0, 0.1) is 6.92 Å². The molecule has 0 aliphatic rings. The molecule has 132 valence electrons. The lowest BCUT2D eigenvalue weighted by molar-refractivity contribution is -0.0308. The van der Waals surface area contributed by atoms with Crippen LogP contribution >= 0.6 is 11.6 Å². The third-order valence-corrected chi connectivity index (χ3v) is 4.14. The molecular weight excluding hydrogens is 336 g/mol. The highest BCUT2D eigenvalue weighted by atomic mass is 35.5. The van der Waals surface area contributed by atoms with Gasteiger partial charge in [0.15, 0.2) is 0 Å². The van der Waals surface area contributed by atoms with E-state index in [1.807, 2.05) is 45.9 Å². The lowest BCUT2D eigenvalue weighted by Crippen LogP contribution is -2.56. The van der Waals surface area contributed by atoms with Gasteiger partial charge in [-0.05, 0) is 63.6 Å². The van der Waals surface area contributed by atoms with E-state index in [1.165, 1.54) is 10.0 Å². The SMILES string of the molecule is Cc1ccccc1C(=O)N(N(C)C(=O)c1ccc(Cl)cc1)C(C)(C)C. The minimum Gasteiger partial charge on any atom is -0.267 e. The Morgan fingerprint density at radius 3 is 2.00 bits per heavy atom. The first-order chi connectivity index (χ1) is 11.6. The summed E-state index contributed by atoms with van der Waals surface area (Å²) < 4.78 is 0. The molecule has 0 radical (unpaired) electrons. The summed E-state index contributed by atoms with van der Waals surface area (Å²) in [6.07, 6.45) is 0. The van der Waals surface area contributed by atoms with Gasteiger partial charge in [0.2, 0.25) is 0 Å². The number of benzene rings is 2. The molecular formula is C20H23ClN2O2. The predicted molar refractivity (Wildman–Crippen MR) is 101 cm³/mol. The van der Waals surface area contributed by atoms with Crippen molar-refractivity contribution in [3.8, 4) is 0 Å². The average Bonchev–Trinajstić information content (AvgIpc) is 2.54. The summed E-state index contributed by atoms with van der Waals surface area (Å²) >= 11 is 5.89. The smallest absolute Gasteiger partial charge is 0.267 e. The number of hydrogen-bond acceptors (Lipinski definition) is 2. The molecule has 0 aliphatic heterocycles. The van der Waals surface area contributed by atoms with E-state index in [0.29, 0.717) is 16.1 Å². The van der Waals surface area contributed by atoms with Crippen LogP contribution in [0.4, 0.5) is 0 Å². The van der Waals surface area contributed by atoms with E-state index in [4.69, 9.17) is 11.6 Å². The second-order valence-electron chi connectivity index (χ2n) is 6.94. The maximum absolute atomic E-state index is 13.2. The van der Waals surface area contributed by atoms with Gasteiger partial charge in [-0.1, -0.05) is 29.8 Å². The molecule has 25 heavy (non-hydrogen) atoms. The van der Waals surface area contributed by atoms with Crippen LogP contribution < -0.4 is 0 Å². The van der Waals surface area contributed by atoms with Crippen LogP contribution in [0.1, 0.15) is 47.1 Å². The fourth-order valence-corrected chi connectivity index (χ4v) is 2.81. The monoisotopic (exact) mass is 358 g/mol. The van der Waals surface area contributed by atoms with Crippen LogP contribution in [0.2, 0.25) is 5.02 Å². The molecule has 0 fully saturated rings. The molecule has 0 atom stereocenters. The van der Waals surface area contributed by atoms with Crippen molar-refractivity contribution in [1.29, 1.82) is 0 Å². The largest absolute Gasteiger partial charge is 0.273 e. The van der Waals surface area contributed by atoms with Crippen LogP contribution in [0.5, 0.6) is 0 Å². The number of hydrazine groups is 1. The van der Waals surface area contributed by atoms with Crippen molar-refractivity contribution < 1.29 is 9.59 Å². The van der Waals surface area contributed by atoms with Crippen LogP contribution in [-0.2, 0) is 0 Å². The summed E-state index contributed by atoms with van der Waals surface area (Å²) in [6.45, 7) is 7.58. The maximum Gasteiger partial charge on any atom is 0.273 e. The van der Waals surface area contributed by atoms with Crippen molar-refractivity contribution in [2.75, 3.05) is 7.05 Å². The Morgan fingerprint density at radius 1 is 0.920 bits per heavy atom. The van der Waals surface area contributed by atoms with E-state index in [0.717, 1.165) is 5.56 Å². The van der Waals surface area contributed by atoms with Crippen LogP contribution in [0.3, 0.4) is 0 Å². The molecule has 2 amide bonds. The Kier molecular flexibility index (Phi) is 5.53. The number of carbonyl (C=O) groups excluding carboxylic acids is 2. The Balaban J connectivity index is 2.40. The number of nitrogens with zero attached hydrogens (tertiary/aromatic N) is 2. The zero-order valence-corrected chi connectivity index (χ0v) is 16.0. The minimum atomic E-state index is -0.573. The van der Waals surface area contributed by atoms with Gasteiger partial charge in [-0.3, -0.25) is 9.59 Å². The van der Waals surface area contributed by atoms with E-state index in [9.17, 15) is 9.59 Å². The Morgan fingerprint density at radius 2 is 1.48 bits per heavy atom. The molecule has 0 unspecified atom stereocenters.